The smallest absolute Gasteiger partial charge is 0.223 e. The van der Waals surface area contributed by atoms with Gasteiger partial charge in [0.1, 0.15) is 11.9 Å². The molecule has 1 fully saturated rings. The van der Waals surface area contributed by atoms with Crippen LogP contribution in [0.25, 0.3) is 0 Å². The standard InChI is InChI=1S/C14H24N4O/c1-14(2,3)10(19-4)12-16-11(17-13(15)18-12)9-7-5-6-8-9/h9-10H,5-8H2,1-4H3,(H2,15,16,17,18). The third-order valence-electron chi connectivity index (χ3n) is 3.66. The van der Waals surface area contributed by atoms with Crippen molar-refractivity contribution in [3.63, 3.8) is 0 Å². The molecular weight excluding hydrogens is 240 g/mol. The first-order valence-electron chi connectivity index (χ1n) is 6.96. The van der Waals surface area contributed by atoms with Crippen molar-refractivity contribution in [3.8, 4) is 0 Å². The Morgan fingerprint density at radius 3 is 2.32 bits per heavy atom. The number of ether oxygens (including phenoxy) is 1. The van der Waals surface area contributed by atoms with Gasteiger partial charge in [0.25, 0.3) is 0 Å². The van der Waals surface area contributed by atoms with Gasteiger partial charge in [0, 0.05) is 13.0 Å². The van der Waals surface area contributed by atoms with Crippen molar-refractivity contribution in [2.75, 3.05) is 12.8 Å². The van der Waals surface area contributed by atoms with Crippen LogP contribution in [0.2, 0.25) is 0 Å². The number of hydrogen-bond donors (Lipinski definition) is 1. The van der Waals surface area contributed by atoms with E-state index in [-0.39, 0.29) is 11.5 Å². The molecular formula is C14H24N4O. The van der Waals surface area contributed by atoms with E-state index in [9.17, 15) is 0 Å². The van der Waals surface area contributed by atoms with Crippen molar-refractivity contribution in [3.05, 3.63) is 11.6 Å². The first-order valence-corrected chi connectivity index (χ1v) is 6.96. The normalized spacial score (nSPS) is 18.7. The molecule has 1 unspecified atom stereocenters. The fourth-order valence-electron chi connectivity index (χ4n) is 2.76. The van der Waals surface area contributed by atoms with Gasteiger partial charge >= 0.3 is 0 Å². The van der Waals surface area contributed by atoms with Crippen LogP contribution in [0, 0.1) is 5.41 Å². The summed E-state index contributed by atoms with van der Waals surface area (Å²) >= 11 is 0. The fraction of sp³-hybridized carbons (Fsp3) is 0.786. The highest BCUT2D eigenvalue weighted by Gasteiger charge is 2.30. The summed E-state index contributed by atoms with van der Waals surface area (Å²) in [4.78, 5) is 13.2. The Morgan fingerprint density at radius 2 is 1.79 bits per heavy atom. The van der Waals surface area contributed by atoms with E-state index in [4.69, 9.17) is 10.5 Å². The topological polar surface area (TPSA) is 73.9 Å². The minimum absolute atomic E-state index is 0.0739. The summed E-state index contributed by atoms with van der Waals surface area (Å²) in [5.74, 6) is 2.23. The number of anilines is 1. The van der Waals surface area contributed by atoms with Gasteiger partial charge in [0.05, 0.1) is 0 Å². The molecule has 1 saturated carbocycles. The van der Waals surface area contributed by atoms with Crippen molar-refractivity contribution in [2.24, 2.45) is 5.41 Å². The first kappa shape index (κ1) is 14.2. The van der Waals surface area contributed by atoms with Crippen LogP contribution in [0.5, 0.6) is 0 Å². The Hall–Kier alpha value is -1.23. The van der Waals surface area contributed by atoms with Crippen LogP contribution in [0.4, 0.5) is 5.95 Å². The number of nitrogen functional groups attached to an aromatic ring is 1. The number of nitrogens with two attached hydrogens (primary N) is 1. The highest BCUT2D eigenvalue weighted by atomic mass is 16.5. The van der Waals surface area contributed by atoms with E-state index in [1.807, 2.05) is 0 Å². The third kappa shape index (κ3) is 3.21. The van der Waals surface area contributed by atoms with E-state index in [1.54, 1.807) is 7.11 Å². The molecule has 0 bridgehead atoms. The van der Waals surface area contributed by atoms with Crippen LogP contribution in [0.15, 0.2) is 0 Å². The number of hydrogen-bond acceptors (Lipinski definition) is 5. The van der Waals surface area contributed by atoms with Crippen molar-refractivity contribution < 1.29 is 4.74 Å². The van der Waals surface area contributed by atoms with Crippen LogP contribution >= 0.6 is 0 Å². The van der Waals surface area contributed by atoms with Gasteiger partial charge in [-0.2, -0.15) is 9.97 Å². The lowest BCUT2D eigenvalue weighted by Gasteiger charge is -2.28. The molecule has 1 aliphatic carbocycles. The average molecular weight is 264 g/mol. The lowest BCUT2D eigenvalue weighted by atomic mass is 9.88. The van der Waals surface area contributed by atoms with Gasteiger partial charge in [0.2, 0.25) is 5.95 Å². The summed E-state index contributed by atoms with van der Waals surface area (Å²) in [6.07, 6.45) is 4.63. The lowest BCUT2D eigenvalue weighted by Crippen LogP contribution is -2.24. The molecule has 1 aromatic heterocycles. The van der Waals surface area contributed by atoms with E-state index < -0.39 is 0 Å². The van der Waals surface area contributed by atoms with E-state index >= 15 is 0 Å². The Labute approximate surface area is 115 Å². The largest absolute Gasteiger partial charge is 0.373 e. The van der Waals surface area contributed by atoms with Crippen molar-refractivity contribution in [1.29, 1.82) is 0 Å². The summed E-state index contributed by atoms with van der Waals surface area (Å²) in [7, 11) is 1.69. The van der Waals surface area contributed by atoms with Gasteiger partial charge < -0.3 is 10.5 Å². The molecule has 1 aromatic rings. The zero-order valence-corrected chi connectivity index (χ0v) is 12.3. The Morgan fingerprint density at radius 1 is 1.16 bits per heavy atom. The second-order valence-electron chi connectivity index (χ2n) is 6.37. The van der Waals surface area contributed by atoms with Gasteiger partial charge in [-0.3, -0.25) is 0 Å². The van der Waals surface area contributed by atoms with Crippen molar-refractivity contribution in [1.82, 2.24) is 15.0 Å². The van der Waals surface area contributed by atoms with Gasteiger partial charge in [-0.05, 0) is 18.3 Å². The number of aromatic nitrogens is 3. The Balaban J connectivity index is 2.34. The first-order chi connectivity index (χ1) is 8.91. The maximum absolute atomic E-state index is 5.85. The maximum atomic E-state index is 5.85. The zero-order chi connectivity index (χ0) is 14.0. The molecule has 5 heteroatoms. The molecule has 2 N–H and O–H groups in total. The number of methoxy groups -OCH3 is 1. The summed E-state index contributed by atoms with van der Waals surface area (Å²) in [5, 5.41) is 0. The Kier molecular flexibility index (Phi) is 4.04. The minimum atomic E-state index is -0.169. The average Bonchev–Trinajstić information content (AvgIpc) is 2.80. The molecule has 0 aliphatic heterocycles. The summed E-state index contributed by atoms with van der Waals surface area (Å²) < 4.78 is 5.57. The Bertz CT molecular complexity index is 436. The number of nitrogens with zero attached hydrogens (tertiary/aromatic N) is 3. The van der Waals surface area contributed by atoms with Crippen molar-refractivity contribution >= 4 is 5.95 Å². The molecule has 19 heavy (non-hydrogen) atoms. The monoisotopic (exact) mass is 264 g/mol. The summed E-state index contributed by atoms with van der Waals surface area (Å²) in [6, 6.07) is 0. The molecule has 1 aliphatic rings. The predicted molar refractivity (Wildman–Crippen MR) is 74.7 cm³/mol. The SMILES string of the molecule is COC(c1nc(N)nc(C2CCCC2)n1)C(C)(C)C. The molecule has 1 heterocycles. The molecule has 1 atom stereocenters. The molecule has 0 aromatic carbocycles. The second-order valence-corrected chi connectivity index (χ2v) is 6.37. The van der Waals surface area contributed by atoms with Gasteiger partial charge in [-0.1, -0.05) is 33.6 Å². The zero-order valence-electron chi connectivity index (χ0n) is 12.3. The van der Waals surface area contributed by atoms with Crippen LogP contribution in [-0.2, 0) is 4.74 Å². The fourth-order valence-corrected chi connectivity index (χ4v) is 2.76. The van der Waals surface area contributed by atoms with E-state index in [2.05, 4.69) is 35.7 Å². The van der Waals surface area contributed by atoms with Crippen LogP contribution < -0.4 is 5.73 Å². The molecule has 2 rings (SSSR count). The van der Waals surface area contributed by atoms with Gasteiger partial charge in [-0.15, -0.1) is 0 Å². The quantitative estimate of drug-likeness (QED) is 0.908. The molecule has 0 saturated heterocycles. The molecule has 5 nitrogen and oxygen atoms in total. The minimum Gasteiger partial charge on any atom is -0.373 e. The van der Waals surface area contributed by atoms with E-state index in [0.717, 1.165) is 18.7 Å². The second kappa shape index (κ2) is 5.41. The predicted octanol–water partition coefficient (Wildman–Crippen LogP) is 2.85. The lowest BCUT2D eigenvalue weighted by molar-refractivity contribution is 0.00839. The summed E-state index contributed by atoms with van der Waals surface area (Å²) in [6.45, 7) is 6.32. The molecule has 106 valence electrons. The maximum Gasteiger partial charge on any atom is 0.223 e. The molecule has 0 spiro atoms. The van der Waals surface area contributed by atoms with Crippen molar-refractivity contribution in [2.45, 2.75) is 58.5 Å². The van der Waals surface area contributed by atoms with Gasteiger partial charge in [-0.25, -0.2) is 4.98 Å². The van der Waals surface area contributed by atoms with E-state index in [1.165, 1.54) is 12.8 Å². The summed E-state index contributed by atoms with van der Waals surface area (Å²) in [5.41, 5.74) is 5.77. The third-order valence-corrected chi connectivity index (χ3v) is 3.66. The van der Waals surface area contributed by atoms with Crippen LogP contribution in [0.1, 0.15) is 70.1 Å². The van der Waals surface area contributed by atoms with E-state index in [0.29, 0.717) is 17.7 Å². The number of rotatable bonds is 3. The van der Waals surface area contributed by atoms with Crippen LogP contribution in [-0.4, -0.2) is 22.1 Å². The highest BCUT2D eigenvalue weighted by molar-refractivity contribution is 5.19. The van der Waals surface area contributed by atoms with Crippen LogP contribution in [0.3, 0.4) is 0 Å². The highest BCUT2D eigenvalue weighted by Crippen LogP contribution is 2.36. The molecule has 0 radical (unpaired) electrons. The molecule has 0 amide bonds. The van der Waals surface area contributed by atoms with Gasteiger partial charge in [0.15, 0.2) is 5.82 Å².